The molecule has 1 heterocycles. The number of ether oxygens (including phenoxy) is 1. The molecule has 0 amide bonds. The van der Waals surface area contributed by atoms with Gasteiger partial charge >= 0.3 is 0 Å². The highest BCUT2D eigenvalue weighted by molar-refractivity contribution is 9.10. The van der Waals surface area contributed by atoms with E-state index in [4.69, 9.17) is 22.1 Å². The van der Waals surface area contributed by atoms with E-state index in [1.807, 2.05) is 6.92 Å². The number of nitrogens with zero attached hydrogens (tertiary/aromatic N) is 1. The Morgan fingerprint density at radius 2 is 2.43 bits per heavy atom. The summed E-state index contributed by atoms with van der Waals surface area (Å²) in [5.74, 6) is 0.671. The van der Waals surface area contributed by atoms with Crippen molar-refractivity contribution in [1.82, 2.24) is 4.98 Å². The molecule has 14 heavy (non-hydrogen) atoms. The molecule has 2 N–H and O–H groups in total. The van der Waals surface area contributed by atoms with E-state index in [0.717, 1.165) is 10.9 Å². The van der Waals surface area contributed by atoms with Crippen LogP contribution in [0.15, 0.2) is 16.7 Å². The van der Waals surface area contributed by atoms with E-state index in [0.29, 0.717) is 17.5 Å². The van der Waals surface area contributed by atoms with Gasteiger partial charge < -0.3 is 10.5 Å². The van der Waals surface area contributed by atoms with Crippen molar-refractivity contribution < 1.29 is 4.74 Å². The summed E-state index contributed by atoms with van der Waals surface area (Å²) in [4.78, 5) is 3.94. The monoisotopic (exact) mass is 278 g/mol. The highest BCUT2D eigenvalue weighted by atomic mass is 79.9. The highest BCUT2D eigenvalue weighted by Crippen LogP contribution is 2.24. The minimum absolute atomic E-state index is 0.0597. The molecule has 0 saturated carbocycles. The van der Waals surface area contributed by atoms with Gasteiger partial charge in [0.15, 0.2) is 0 Å². The van der Waals surface area contributed by atoms with E-state index in [-0.39, 0.29) is 6.04 Å². The molecular formula is C9H12BrClN2O. The van der Waals surface area contributed by atoms with Gasteiger partial charge in [-0.3, -0.25) is 0 Å². The number of nitrogens with two attached hydrogens (primary N) is 1. The van der Waals surface area contributed by atoms with Crippen molar-refractivity contribution >= 4 is 27.5 Å². The van der Waals surface area contributed by atoms with Gasteiger partial charge in [0.05, 0.1) is 10.7 Å². The Balaban J connectivity index is 2.55. The molecule has 1 atom stereocenters. The van der Waals surface area contributed by atoms with Gasteiger partial charge in [-0.2, -0.15) is 0 Å². The fraction of sp³-hybridized carbons (Fsp3) is 0.444. The fourth-order valence-electron chi connectivity index (χ4n) is 0.804. The number of hydrogen-bond acceptors (Lipinski definition) is 3. The molecule has 0 unspecified atom stereocenters. The summed E-state index contributed by atoms with van der Waals surface area (Å²) in [5.41, 5.74) is 5.71. The molecule has 0 aromatic carbocycles. The summed E-state index contributed by atoms with van der Waals surface area (Å²) in [5, 5.41) is 0.428. The van der Waals surface area contributed by atoms with Crippen LogP contribution in [0.2, 0.25) is 5.15 Å². The molecular weight excluding hydrogens is 267 g/mol. The van der Waals surface area contributed by atoms with Crippen LogP contribution in [-0.2, 0) is 0 Å². The van der Waals surface area contributed by atoms with Crippen molar-refractivity contribution in [1.29, 1.82) is 0 Å². The lowest BCUT2D eigenvalue weighted by Gasteiger charge is -2.10. The summed E-state index contributed by atoms with van der Waals surface area (Å²) < 4.78 is 6.14. The van der Waals surface area contributed by atoms with Gasteiger partial charge in [-0.25, -0.2) is 4.98 Å². The van der Waals surface area contributed by atoms with Crippen molar-refractivity contribution in [2.24, 2.45) is 5.73 Å². The predicted molar refractivity (Wildman–Crippen MR) is 60.7 cm³/mol. The van der Waals surface area contributed by atoms with Crippen LogP contribution in [0, 0.1) is 0 Å². The maximum atomic E-state index is 5.73. The van der Waals surface area contributed by atoms with Crippen molar-refractivity contribution in [3.8, 4) is 5.75 Å². The Labute approximate surface area is 96.7 Å². The molecule has 0 radical (unpaired) electrons. The average Bonchev–Trinajstić information content (AvgIpc) is 2.19. The minimum Gasteiger partial charge on any atom is -0.490 e. The van der Waals surface area contributed by atoms with Crippen LogP contribution in [0.25, 0.3) is 0 Å². The first kappa shape index (κ1) is 11.8. The lowest BCUT2D eigenvalue weighted by Crippen LogP contribution is -2.26. The summed E-state index contributed by atoms with van der Waals surface area (Å²) in [6, 6.07) is 1.84. The van der Waals surface area contributed by atoms with Gasteiger partial charge in [0.25, 0.3) is 0 Å². The van der Waals surface area contributed by atoms with E-state index in [1.165, 1.54) is 0 Å². The van der Waals surface area contributed by atoms with Gasteiger partial charge in [0, 0.05) is 6.04 Å². The molecule has 0 fully saturated rings. The van der Waals surface area contributed by atoms with Crippen LogP contribution in [0.1, 0.15) is 13.3 Å². The van der Waals surface area contributed by atoms with Crippen LogP contribution in [0.3, 0.4) is 0 Å². The van der Waals surface area contributed by atoms with Crippen LogP contribution in [0.4, 0.5) is 0 Å². The summed E-state index contributed by atoms with van der Waals surface area (Å²) >= 11 is 9.00. The lowest BCUT2D eigenvalue weighted by molar-refractivity contribution is 0.284. The lowest BCUT2D eigenvalue weighted by atomic mass is 10.3. The molecule has 0 spiro atoms. The van der Waals surface area contributed by atoms with E-state index in [1.54, 1.807) is 12.3 Å². The summed E-state index contributed by atoms with van der Waals surface area (Å²) in [6.45, 7) is 2.51. The van der Waals surface area contributed by atoms with Gasteiger partial charge in [-0.15, -0.1) is 0 Å². The van der Waals surface area contributed by atoms with Gasteiger partial charge in [-0.1, -0.05) is 18.5 Å². The standard InChI is InChI=1S/C9H12BrClN2O/c1-2-6(12)5-14-7-3-8(10)9(11)13-4-7/h3-4,6H,2,5,12H2,1H3/t6-/m0/s1. The quantitative estimate of drug-likeness (QED) is 0.862. The zero-order valence-electron chi connectivity index (χ0n) is 7.84. The van der Waals surface area contributed by atoms with E-state index in [2.05, 4.69) is 20.9 Å². The molecule has 3 nitrogen and oxygen atoms in total. The second-order valence-corrected chi connectivity index (χ2v) is 4.14. The first-order chi connectivity index (χ1) is 6.63. The van der Waals surface area contributed by atoms with Gasteiger partial charge in [0.2, 0.25) is 0 Å². The van der Waals surface area contributed by atoms with Gasteiger partial charge in [-0.05, 0) is 28.4 Å². The third-order valence-electron chi connectivity index (χ3n) is 1.76. The zero-order valence-corrected chi connectivity index (χ0v) is 10.2. The van der Waals surface area contributed by atoms with Crippen LogP contribution < -0.4 is 10.5 Å². The second-order valence-electron chi connectivity index (χ2n) is 2.92. The first-order valence-electron chi connectivity index (χ1n) is 4.33. The third kappa shape index (κ3) is 3.44. The minimum atomic E-state index is 0.0597. The number of aromatic nitrogens is 1. The zero-order chi connectivity index (χ0) is 10.6. The Morgan fingerprint density at radius 3 is 3.00 bits per heavy atom. The number of pyridine rings is 1. The summed E-state index contributed by atoms with van der Waals surface area (Å²) in [7, 11) is 0. The number of rotatable bonds is 4. The Morgan fingerprint density at radius 1 is 1.71 bits per heavy atom. The highest BCUT2D eigenvalue weighted by Gasteiger charge is 2.03. The Hall–Kier alpha value is -0.320. The maximum Gasteiger partial charge on any atom is 0.143 e. The van der Waals surface area contributed by atoms with Crippen LogP contribution >= 0.6 is 27.5 Å². The average molecular weight is 280 g/mol. The second kappa shape index (κ2) is 5.53. The summed E-state index contributed by atoms with van der Waals surface area (Å²) in [6.07, 6.45) is 2.47. The largest absolute Gasteiger partial charge is 0.490 e. The number of halogens is 2. The number of hydrogen-bond donors (Lipinski definition) is 1. The third-order valence-corrected chi connectivity index (χ3v) is 2.89. The Kier molecular flexibility index (Phi) is 4.65. The topological polar surface area (TPSA) is 48.1 Å². The van der Waals surface area contributed by atoms with Crippen molar-refractivity contribution in [3.63, 3.8) is 0 Å². The molecule has 1 aromatic heterocycles. The van der Waals surface area contributed by atoms with Gasteiger partial charge in [0.1, 0.15) is 17.5 Å². The van der Waals surface area contributed by atoms with Crippen LogP contribution in [0.5, 0.6) is 5.75 Å². The van der Waals surface area contributed by atoms with E-state index in [9.17, 15) is 0 Å². The van der Waals surface area contributed by atoms with Crippen LogP contribution in [-0.4, -0.2) is 17.6 Å². The van der Waals surface area contributed by atoms with Crippen molar-refractivity contribution in [2.45, 2.75) is 19.4 Å². The van der Waals surface area contributed by atoms with Crippen molar-refractivity contribution in [3.05, 3.63) is 21.9 Å². The van der Waals surface area contributed by atoms with E-state index >= 15 is 0 Å². The fourth-order valence-corrected chi connectivity index (χ4v) is 1.24. The molecule has 1 rings (SSSR count). The molecule has 0 saturated heterocycles. The maximum absolute atomic E-state index is 5.73. The first-order valence-corrected chi connectivity index (χ1v) is 5.50. The SMILES string of the molecule is CC[C@H](N)COc1cnc(Cl)c(Br)c1. The molecule has 0 bridgehead atoms. The normalized spacial score (nSPS) is 12.6. The van der Waals surface area contributed by atoms with Crippen molar-refractivity contribution in [2.75, 3.05) is 6.61 Å². The molecule has 5 heteroatoms. The molecule has 78 valence electrons. The molecule has 0 aliphatic heterocycles. The molecule has 0 aliphatic rings. The predicted octanol–water partition coefficient (Wildman–Crippen LogP) is 2.61. The Bertz CT molecular complexity index is 309. The molecule has 1 aromatic rings. The van der Waals surface area contributed by atoms with E-state index < -0.39 is 0 Å². The smallest absolute Gasteiger partial charge is 0.143 e. The molecule has 0 aliphatic carbocycles.